The molecule has 3 heteroatoms. The fourth-order valence-electron chi connectivity index (χ4n) is 2.63. The summed E-state index contributed by atoms with van der Waals surface area (Å²) in [4.78, 5) is 5.86. The van der Waals surface area contributed by atoms with E-state index in [0.29, 0.717) is 0 Å². The highest BCUT2D eigenvalue weighted by Crippen LogP contribution is 2.47. The van der Waals surface area contributed by atoms with Crippen LogP contribution >= 0.6 is 11.9 Å². The molecule has 0 saturated heterocycles. The molecule has 0 unspecified atom stereocenters. The zero-order valence-corrected chi connectivity index (χ0v) is 11.3. The molecule has 0 fully saturated rings. The van der Waals surface area contributed by atoms with Gasteiger partial charge in [0.05, 0.1) is 11.2 Å². The number of rotatable bonds is 0. The molecular weight excluding hydrogens is 252 g/mol. The van der Waals surface area contributed by atoms with Gasteiger partial charge in [0.2, 0.25) is 0 Å². The largest absolute Gasteiger partial charge is 0.313 e. The third kappa shape index (κ3) is 1.55. The molecule has 0 spiro atoms. The topological polar surface area (TPSA) is 16.1 Å². The third-order valence-corrected chi connectivity index (χ3v) is 4.48. The van der Waals surface area contributed by atoms with Crippen molar-refractivity contribution in [3.8, 4) is 11.1 Å². The third-order valence-electron chi connectivity index (χ3n) is 3.48. The first-order chi connectivity index (χ1) is 9.34. The summed E-state index contributed by atoms with van der Waals surface area (Å²) in [5.41, 5.74) is 4.85. The smallest absolute Gasteiger partial charge is 0.0950 e. The van der Waals surface area contributed by atoms with Crippen molar-refractivity contribution in [2.24, 2.45) is 0 Å². The molecule has 2 heterocycles. The summed E-state index contributed by atoms with van der Waals surface area (Å²) in [5.74, 6) is 0. The molecule has 0 atom stereocenters. The van der Waals surface area contributed by atoms with Crippen molar-refractivity contribution >= 4 is 28.5 Å². The van der Waals surface area contributed by atoms with Crippen LogP contribution in [0, 0.1) is 0 Å². The fraction of sp³-hybridized carbons (Fsp3) is 0.0625. The molecule has 1 aromatic heterocycles. The Hall–Kier alpha value is -2.00. The van der Waals surface area contributed by atoms with E-state index >= 15 is 0 Å². The first kappa shape index (κ1) is 10.9. The Morgan fingerprint density at radius 1 is 0.947 bits per heavy atom. The molecule has 0 amide bonds. The van der Waals surface area contributed by atoms with Gasteiger partial charge in [-0.2, -0.15) is 0 Å². The zero-order valence-electron chi connectivity index (χ0n) is 10.5. The second-order valence-corrected chi connectivity index (χ2v) is 5.79. The van der Waals surface area contributed by atoms with Gasteiger partial charge in [0.25, 0.3) is 0 Å². The monoisotopic (exact) mass is 264 g/mol. The van der Waals surface area contributed by atoms with E-state index in [2.05, 4.69) is 58.8 Å². The molecule has 2 aromatic carbocycles. The van der Waals surface area contributed by atoms with Gasteiger partial charge in [0.1, 0.15) is 0 Å². The molecule has 3 aromatic rings. The molecule has 92 valence electrons. The molecular formula is C16H12N2S. The van der Waals surface area contributed by atoms with Crippen LogP contribution in [-0.2, 0) is 0 Å². The standard InChI is InChI=1S/C16H12N2S/c1-18-16-13(12-6-2-3-7-14(12)19-18)9-8-11-5-4-10-17-15(11)16/h2-10H,1H3. The van der Waals surface area contributed by atoms with Gasteiger partial charge in [0.15, 0.2) is 0 Å². The quantitative estimate of drug-likeness (QED) is 0.561. The van der Waals surface area contributed by atoms with E-state index < -0.39 is 0 Å². The van der Waals surface area contributed by atoms with E-state index in [1.165, 1.54) is 27.1 Å². The molecule has 0 saturated carbocycles. The van der Waals surface area contributed by atoms with Gasteiger partial charge in [-0.05, 0) is 29.6 Å². The van der Waals surface area contributed by atoms with Crippen LogP contribution in [0.5, 0.6) is 0 Å². The van der Waals surface area contributed by atoms with Gasteiger partial charge in [-0.1, -0.05) is 36.4 Å². The molecule has 2 nitrogen and oxygen atoms in total. The lowest BCUT2D eigenvalue weighted by Gasteiger charge is -2.28. The first-order valence-corrected chi connectivity index (χ1v) is 7.01. The molecule has 19 heavy (non-hydrogen) atoms. The summed E-state index contributed by atoms with van der Waals surface area (Å²) < 4.78 is 2.22. The van der Waals surface area contributed by atoms with Crippen LogP contribution in [0.15, 0.2) is 59.6 Å². The summed E-state index contributed by atoms with van der Waals surface area (Å²) >= 11 is 1.76. The first-order valence-electron chi connectivity index (χ1n) is 6.23. The number of nitrogens with zero attached hydrogens (tertiary/aromatic N) is 2. The van der Waals surface area contributed by atoms with Crippen molar-refractivity contribution in [2.75, 3.05) is 11.4 Å². The van der Waals surface area contributed by atoms with Crippen molar-refractivity contribution in [1.82, 2.24) is 4.98 Å². The van der Waals surface area contributed by atoms with Crippen LogP contribution in [0.4, 0.5) is 5.69 Å². The predicted octanol–water partition coefficient (Wildman–Crippen LogP) is 4.36. The number of fused-ring (bicyclic) bond motifs is 5. The summed E-state index contributed by atoms with van der Waals surface area (Å²) in [7, 11) is 2.10. The van der Waals surface area contributed by atoms with E-state index in [0.717, 1.165) is 5.52 Å². The lowest BCUT2D eigenvalue weighted by atomic mass is 10.0. The fourth-order valence-corrected chi connectivity index (χ4v) is 3.61. The second-order valence-electron chi connectivity index (χ2n) is 4.62. The maximum absolute atomic E-state index is 4.56. The lowest BCUT2D eigenvalue weighted by Crippen LogP contribution is -2.12. The number of benzene rings is 2. The average Bonchev–Trinajstić information content (AvgIpc) is 2.46. The van der Waals surface area contributed by atoms with E-state index in [4.69, 9.17) is 0 Å². The minimum atomic E-state index is 1.07. The van der Waals surface area contributed by atoms with Crippen molar-refractivity contribution in [3.05, 3.63) is 54.7 Å². The SMILES string of the molecule is CN1Sc2ccccc2-c2ccc3cccnc3c21. The van der Waals surface area contributed by atoms with Crippen molar-refractivity contribution in [2.45, 2.75) is 4.90 Å². The normalized spacial score (nSPS) is 13.2. The average molecular weight is 264 g/mol. The highest BCUT2D eigenvalue weighted by atomic mass is 32.2. The van der Waals surface area contributed by atoms with Crippen LogP contribution in [-0.4, -0.2) is 12.0 Å². The Morgan fingerprint density at radius 3 is 2.79 bits per heavy atom. The Balaban J connectivity index is 2.12. The van der Waals surface area contributed by atoms with Crippen molar-refractivity contribution < 1.29 is 0 Å². The maximum Gasteiger partial charge on any atom is 0.0950 e. The van der Waals surface area contributed by atoms with Crippen LogP contribution in [0.25, 0.3) is 22.0 Å². The zero-order chi connectivity index (χ0) is 12.8. The molecule has 0 aliphatic carbocycles. The van der Waals surface area contributed by atoms with Gasteiger partial charge in [-0.15, -0.1) is 0 Å². The number of aromatic nitrogens is 1. The Morgan fingerprint density at radius 2 is 1.84 bits per heavy atom. The van der Waals surface area contributed by atoms with Crippen LogP contribution in [0.3, 0.4) is 0 Å². The number of hydrogen-bond donors (Lipinski definition) is 0. The number of anilines is 1. The van der Waals surface area contributed by atoms with Crippen LogP contribution in [0.2, 0.25) is 0 Å². The Labute approximate surface area is 116 Å². The van der Waals surface area contributed by atoms with E-state index in [-0.39, 0.29) is 0 Å². The minimum Gasteiger partial charge on any atom is -0.313 e. The summed E-state index contributed by atoms with van der Waals surface area (Å²) in [6, 6.07) is 17.0. The van der Waals surface area contributed by atoms with Crippen LogP contribution in [0.1, 0.15) is 0 Å². The second kappa shape index (κ2) is 4.00. The lowest BCUT2D eigenvalue weighted by molar-refractivity contribution is 1.29. The number of hydrogen-bond acceptors (Lipinski definition) is 3. The summed E-state index contributed by atoms with van der Waals surface area (Å²) in [6.07, 6.45) is 1.86. The highest BCUT2D eigenvalue weighted by Gasteiger charge is 2.22. The Bertz CT molecular complexity index is 783. The minimum absolute atomic E-state index is 1.07. The predicted molar refractivity (Wildman–Crippen MR) is 81.4 cm³/mol. The maximum atomic E-state index is 4.56. The van der Waals surface area contributed by atoms with E-state index in [9.17, 15) is 0 Å². The highest BCUT2D eigenvalue weighted by molar-refractivity contribution is 8.00. The molecule has 1 aliphatic rings. The molecule has 0 bridgehead atoms. The summed E-state index contributed by atoms with van der Waals surface area (Å²) in [6.45, 7) is 0. The Kier molecular flexibility index (Phi) is 2.29. The van der Waals surface area contributed by atoms with Crippen molar-refractivity contribution in [3.63, 3.8) is 0 Å². The van der Waals surface area contributed by atoms with Gasteiger partial charge < -0.3 is 4.31 Å². The molecule has 0 N–H and O–H groups in total. The van der Waals surface area contributed by atoms with Gasteiger partial charge >= 0.3 is 0 Å². The summed E-state index contributed by atoms with van der Waals surface area (Å²) in [5, 5.41) is 1.19. The van der Waals surface area contributed by atoms with Gasteiger partial charge in [-0.25, -0.2) is 0 Å². The van der Waals surface area contributed by atoms with Crippen molar-refractivity contribution in [1.29, 1.82) is 0 Å². The molecule has 1 aliphatic heterocycles. The van der Waals surface area contributed by atoms with Crippen LogP contribution < -0.4 is 4.31 Å². The van der Waals surface area contributed by atoms with E-state index in [1.54, 1.807) is 11.9 Å². The molecule has 4 rings (SSSR count). The van der Waals surface area contributed by atoms with Gasteiger partial charge in [0, 0.05) is 29.1 Å². The molecule has 0 radical (unpaired) electrons. The number of pyridine rings is 1. The van der Waals surface area contributed by atoms with E-state index in [1.807, 2.05) is 12.3 Å². The van der Waals surface area contributed by atoms with Gasteiger partial charge in [-0.3, -0.25) is 4.98 Å².